The molecule has 1 amide bonds. The van der Waals surface area contributed by atoms with E-state index in [1.165, 1.54) is 30.6 Å². The predicted octanol–water partition coefficient (Wildman–Crippen LogP) is 3.35. The Labute approximate surface area is 196 Å². The van der Waals surface area contributed by atoms with E-state index in [0.717, 1.165) is 50.7 Å². The third-order valence-corrected chi connectivity index (χ3v) is 6.72. The van der Waals surface area contributed by atoms with Gasteiger partial charge in [0.2, 0.25) is 11.7 Å². The minimum Gasteiger partial charge on any atom is -0.353 e. The molecule has 11 heteroatoms. The minimum absolute atomic E-state index is 0.0580. The van der Waals surface area contributed by atoms with Crippen LogP contribution in [0.2, 0.25) is 0 Å². The molecule has 1 unspecified atom stereocenters. The zero-order valence-corrected chi connectivity index (χ0v) is 19.6. The van der Waals surface area contributed by atoms with Crippen molar-refractivity contribution in [2.75, 3.05) is 36.4 Å². The summed E-state index contributed by atoms with van der Waals surface area (Å²) >= 11 is 0. The second kappa shape index (κ2) is 8.23. The van der Waals surface area contributed by atoms with Crippen molar-refractivity contribution in [3.8, 4) is 5.82 Å². The fraction of sp³-hybridized carbons (Fsp3) is 0.522. The maximum atomic E-state index is 13.9. The van der Waals surface area contributed by atoms with Gasteiger partial charge in [-0.25, -0.2) is 19.6 Å². The molecule has 1 N–H and O–H groups in total. The van der Waals surface area contributed by atoms with Crippen molar-refractivity contribution in [3.63, 3.8) is 0 Å². The van der Waals surface area contributed by atoms with Gasteiger partial charge in [0.1, 0.15) is 5.82 Å². The van der Waals surface area contributed by atoms with Crippen molar-refractivity contribution < 1.29 is 13.6 Å². The van der Waals surface area contributed by atoms with Crippen molar-refractivity contribution in [2.24, 2.45) is 0 Å². The van der Waals surface area contributed by atoms with Gasteiger partial charge < -0.3 is 10.2 Å². The molecule has 5 heterocycles. The van der Waals surface area contributed by atoms with Crippen molar-refractivity contribution >= 4 is 28.4 Å². The van der Waals surface area contributed by atoms with E-state index in [-0.39, 0.29) is 17.3 Å². The number of halogens is 2. The van der Waals surface area contributed by atoms with Gasteiger partial charge in [0.25, 0.3) is 0 Å². The van der Waals surface area contributed by atoms with Gasteiger partial charge in [0, 0.05) is 57.0 Å². The molecule has 34 heavy (non-hydrogen) atoms. The number of aromatic nitrogens is 5. The molecule has 0 aliphatic carbocycles. The zero-order chi connectivity index (χ0) is 24.1. The molecule has 2 aliphatic heterocycles. The van der Waals surface area contributed by atoms with Crippen LogP contribution in [0.15, 0.2) is 24.5 Å². The molecule has 0 spiro atoms. The Balaban J connectivity index is 1.59. The number of anilines is 2. The van der Waals surface area contributed by atoms with Crippen LogP contribution in [-0.2, 0) is 10.7 Å². The number of likely N-dealkylation sites (tertiary alicyclic amines) is 1. The summed E-state index contributed by atoms with van der Waals surface area (Å²) in [4.78, 5) is 28.6. The van der Waals surface area contributed by atoms with Crippen molar-refractivity contribution in [1.29, 1.82) is 0 Å². The summed E-state index contributed by atoms with van der Waals surface area (Å²) in [6.07, 6.45) is 6.43. The van der Waals surface area contributed by atoms with Crippen LogP contribution in [0.3, 0.4) is 0 Å². The highest BCUT2D eigenvalue weighted by molar-refractivity contribution is 5.95. The Bertz CT molecular complexity index is 1230. The lowest BCUT2D eigenvalue weighted by Crippen LogP contribution is -2.46. The second-order valence-electron chi connectivity index (χ2n) is 9.49. The van der Waals surface area contributed by atoms with Gasteiger partial charge >= 0.3 is 5.92 Å². The van der Waals surface area contributed by atoms with E-state index in [1.54, 1.807) is 18.3 Å². The number of nitrogens with zero attached hydrogens (tertiary/aromatic N) is 7. The maximum absolute atomic E-state index is 13.9. The molecule has 3 aromatic heterocycles. The van der Waals surface area contributed by atoms with Crippen LogP contribution >= 0.6 is 0 Å². The van der Waals surface area contributed by atoms with Crippen LogP contribution in [0, 0.1) is 0 Å². The molecular formula is C23H28F2N8O. The van der Waals surface area contributed by atoms with E-state index in [1.807, 2.05) is 0 Å². The first-order valence-corrected chi connectivity index (χ1v) is 11.5. The van der Waals surface area contributed by atoms with Gasteiger partial charge in [0.05, 0.1) is 10.9 Å². The molecule has 9 nitrogen and oxygen atoms in total. The van der Waals surface area contributed by atoms with Crippen LogP contribution in [0.4, 0.5) is 20.4 Å². The van der Waals surface area contributed by atoms with Gasteiger partial charge in [0.15, 0.2) is 11.6 Å². The first-order valence-electron chi connectivity index (χ1n) is 11.5. The van der Waals surface area contributed by atoms with Crippen molar-refractivity contribution in [2.45, 2.75) is 51.5 Å². The van der Waals surface area contributed by atoms with Crippen LogP contribution in [0.1, 0.15) is 45.9 Å². The van der Waals surface area contributed by atoms with Gasteiger partial charge in [-0.05, 0) is 39.3 Å². The van der Waals surface area contributed by atoms with Crippen LogP contribution in [0.5, 0.6) is 0 Å². The first kappa shape index (κ1) is 22.6. The summed E-state index contributed by atoms with van der Waals surface area (Å²) in [5.74, 6) is -2.71. The number of amides is 1. The summed E-state index contributed by atoms with van der Waals surface area (Å²) < 4.78 is 29.4. The number of alkyl halides is 2. The Morgan fingerprint density at radius 3 is 2.68 bits per heavy atom. The number of carbonyl (C=O) groups excluding carboxylic acids is 1. The molecule has 0 radical (unpaired) electrons. The lowest BCUT2D eigenvalue weighted by Gasteiger charge is -2.35. The largest absolute Gasteiger partial charge is 0.353 e. The third-order valence-electron chi connectivity index (χ3n) is 6.72. The molecule has 2 aliphatic rings. The highest BCUT2D eigenvalue weighted by Crippen LogP contribution is 2.37. The summed E-state index contributed by atoms with van der Waals surface area (Å²) in [5, 5.41) is 8.26. The molecule has 180 valence electrons. The molecule has 2 fully saturated rings. The Kier molecular flexibility index (Phi) is 5.46. The van der Waals surface area contributed by atoms with Crippen molar-refractivity contribution in [3.05, 3.63) is 30.4 Å². The Morgan fingerprint density at radius 1 is 1.21 bits per heavy atom. The second-order valence-corrected chi connectivity index (χ2v) is 9.49. The lowest BCUT2D eigenvalue weighted by atomic mass is 10.00. The SMILES string of the molecule is CC(=O)Nc1cc2c(cn1)c(N1CCC(C)(N3CCCC3)C1)nn2-c1ccnc(C(C)(F)F)n1. The molecule has 0 aromatic carbocycles. The summed E-state index contributed by atoms with van der Waals surface area (Å²) in [5.41, 5.74) is 0.676. The Hall–Kier alpha value is -3.21. The smallest absolute Gasteiger partial charge is 0.303 e. The predicted molar refractivity (Wildman–Crippen MR) is 124 cm³/mol. The van der Waals surface area contributed by atoms with Gasteiger partial charge in [-0.1, -0.05) is 0 Å². The summed E-state index contributed by atoms with van der Waals surface area (Å²) in [7, 11) is 0. The molecule has 0 saturated carbocycles. The highest BCUT2D eigenvalue weighted by Gasteiger charge is 2.41. The van der Waals surface area contributed by atoms with E-state index < -0.39 is 11.7 Å². The summed E-state index contributed by atoms with van der Waals surface area (Å²) in [6, 6.07) is 3.23. The molecule has 5 rings (SSSR count). The van der Waals surface area contributed by atoms with Crippen LogP contribution < -0.4 is 10.2 Å². The standard InChI is InChI=1S/C23H28F2N8O/c1-15(34)28-18-12-17-16(13-27-18)20(31-11-7-22(2,14-31)32-9-4-5-10-32)30-33(17)19-6-8-26-21(29-19)23(3,24)25/h6,8,12-13H,4-5,7,9-11,14H2,1-3H3,(H,27,28,34). The molecule has 2 saturated heterocycles. The first-order chi connectivity index (χ1) is 16.1. The number of hydrogen-bond acceptors (Lipinski definition) is 7. The van der Waals surface area contributed by atoms with Crippen LogP contribution in [-0.4, -0.2) is 67.3 Å². The Morgan fingerprint density at radius 2 is 1.97 bits per heavy atom. The number of hydrogen-bond donors (Lipinski definition) is 1. The number of nitrogens with one attached hydrogen (secondary N) is 1. The number of fused-ring (bicyclic) bond motifs is 1. The molecule has 3 aromatic rings. The summed E-state index contributed by atoms with van der Waals surface area (Å²) in [6.45, 7) is 8.32. The quantitative estimate of drug-likeness (QED) is 0.611. The van der Waals surface area contributed by atoms with E-state index >= 15 is 0 Å². The van der Waals surface area contributed by atoms with Gasteiger partial charge in [-0.3, -0.25) is 9.69 Å². The number of carbonyl (C=O) groups is 1. The topological polar surface area (TPSA) is 92.1 Å². The average Bonchev–Trinajstić information content (AvgIpc) is 3.52. The fourth-order valence-corrected chi connectivity index (χ4v) is 4.97. The van der Waals surface area contributed by atoms with E-state index in [9.17, 15) is 13.6 Å². The monoisotopic (exact) mass is 470 g/mol. The van der Waals surface area contributed by atoms with E-state index in [0.29, 0.717) is 11.3 Å². The third kappa shape index (κ3) is 4.08. The average molecular weight is 471 g/mol. The highest BCUT2D eigenvalue weighted by atomic mass is 19.3. The normalized spacial score (nSPS) is 21.5. The van der Waals surface area contributed by atoms with E-state index in [4.69, 9.17) is 5.10 Å². The zero-order valence-electron chi connectivity index (χ0n) is 19.6. The van der Waals surface area contributed by atoms with Gasteiger partial charge in [-0.2, -0.15) is 8.78 Å². The number of pyridine rings is 1. The molecule has 1 atom stereocenters. The molecular weight excluding hydrogens is 442 g/mol. The minimum atomic E-state index is -3.18. The van der Waals surface area contributed by atoms with E-state index in [2.05, 4.69) is 37.0 Å². The fourth-order valence-electron chi connectivity index (χ4n) is 4.97. The van der Waals surface area contributed by atoms with Gasteiger partial charge in [-0.15, -0.1) is 5.10 Å². The maximum Gasteiger partial charge on any atom is 0.303 e. The number of rotatable bonds is 5. The lowest BCUT2D eigenvalue weighted by molar-refractivity contribution is -0.114. The van der Waals surface area contributed by atoms with Crippen molar-refractivity contribution in [1.82, 2.24) is 29.6 Å². The van der Waals surface area contributed by atoms with Crippen LogP contribution in [0.25, 0.3) is 16.7 Å². The molecule has 0 bridgehead atoms.